The van der Waals surface area contributed by atoms with Gasteiger partial charge in [0.2, 0.25) is 0 Å². The van der Waals surface area contributed by atoms with E-state index in [0.717, 1.165) is 27.6 Å². The van der Waals surface area contributed by atoms with E-state index >= 15 is 0 Å². The van der Waals surface area contributed by atoms with Crippen molar-refractivity contribution in [2.24, 2.45) is 0 Å². The molecule has 0 fully saturated rings. The standard InChI is InChI=1S/C37H31N2O.C16H18N.Ir/c1-21-16-26-17-27(37(4,5)6)14-12-25(26)18-31(21)32-19-33(38-20-22(32)2)30-9-7-8-28-29-15-13-24-11-10-23(3)39-34(24)36(29)40-35(28)30;1-12-5-7-13(8-6-12)15-10-9-14(11-17-15)16(2,3)4;/h7-8,10-20H,1-6H3;5-7,9-11H,1-4H3;/q2*-1;/i1D3,2D3,3D3;1D3;. The van der Waals surface area contributed by atoms with Gasteiger partial charge in [0.25, 0.3) is 0 Å². The Hall–Kier alpha value is -5.48. The summed E-state index contributed by atoms with van der Waals surface area (Å²) in [4.78, 5) is 13.4. The van der Waals surface area contributed by atoms with E-state index in [-0.39, 0.29) is 58.9 Å². The molecule has 0 spiro atoms. The molecule has 5 heteroatoms. The van der Waals surface area contributed by atoms with E-state index in [1.54, 1.807) is 42.5 Å². The zero-order valence-corrected chi connectivity index (χ0v) is 35.4. The Balaban J connectivity index is 0.000000289. The van der Waals surface area contributed by atoms with Crippen molar-refractivity contribution < 1.29 is 41.0 Å². The molecule has 0 aliphatic carbocycles. The molecule has 58 heavy (non-hydrogen) atoms. The fraction of sp³-hybridized carbons (Fsp3) is 0.226. The minimum atomic E-state index is -2.60. The smallest absolute Gasteiger partial charge is 0.147 e. The fourth-order valence-corrected chi connectivity index (χ4v) is 6.96. The summed E-state index contributed by atoms with van der Waals surface area (Å²) in [5.74, 6) is 0. The molecule has 9 rings (SSSR count). The number of aromatic nitrogens is 3. The van der Waals surface area contributed by atoms with Crippen LogP contribution in [0.2, 0.25) is 0 Å². The molecule has 0 aliphatic rings. The van der Waals surface area contributed by atoms with Crippen molar-refractivity contribution in [3.63, 3.8) is 0 Å². The molecule has 4 heterocycles. The van der Waals surface area contributed by atoms with Gasteiger partial charge in [-0.15, -0.1) is 53.6 Å². The minimum absolute atomic E-state index is 0. The maximum absolute atomic E-state index is 8.46. The molecule has 4 nitrogen and oxygen atoms in total. The molecule has 0 aliphatic heterocycles. The Morgan fingerprint density at radius 2 is 1.33 bits per heavy atom. The van der Waals surface area contributed by atoms with Crippen molar-refractivity contribution in [2.45, 2.75) is 79.8 Å². The summed E-state index contributed by atoms with van der Waals surface area (Å²) in [5, 5.41) is 3.64. The molecule has 4 aromatic heterocycles. The van der Waals surface area contributed by atoms with Crippen LogP contribution in [0.3, 0.4) is 0 Å². The summed E-state index contributed by atoms with van der Waals surface area (Å²) < 4.78 is 102. The van der Waals surface area contributed by atoms with Crippen molar-refractivity contribution in [2.75, 3.05) is 0 Å². The molecule has 0 N–H and O–H groups in total. The van der Waals surface area contributed by atoms with Gasteiger partial charge in [-0.25, -0.2) is 4.98 Å². The molecule has 9 aromatic rings. The number of hydrogen-bond donors (Lipinski definition) is 0. The third-order valence-electron chi connectivity index (χ3n) is 10.3. The average molecular weight is 948 g/mol. The van der Waals surface area contributed by atoms with E-state index in [0.29, 0.717) is 49.7 Å². The number of rotatable bonds is 3. The van der Waals surface area contributed by atoms with E-state index in [2.05, 4.69) is 68.6 Å². The van der Waals surface area contributed by atoms with Gasteiger partial charge < -0.3 is 14.4 Å². The average Bonchev–Trinajstić information content (AvgIpc) is 3.66. The molecular formula is C53H49IrN3O-2. The van der Waals surface area contributed by atoms with Gasteiger partial charge in [0.1, 0.15) is 11.1 Å². The van der Waals surface area contributed by atoms with Gasteiger partial charge in [0.15, 0.2) is 0 Å². The minimum Gasteiger partial charge on any atom is -0.498 e. The van der Waals surface area contributed by atoms with Crippen LogP contribution in [0.25, 0.3) is 77.3 Å². The maximum atomic E-state index is 8.46. The Morgan fingerprint density at radius 3 is 2.03 bits per heavy atom. The monoisotopic (exact) mass is 948 g/mol. The van der Waals surface area contributed by atoms with Gasteiger partial charge in [-0.2, -0.15) is 0 Å². The summed E-state index contributed by atoms with van der Waals surface area (Å²) in [5.41, 5.74) is 6.36. The van der Waals surface area contributed by atoms with Crippen LogP contribution >= 0.6 is 0 Å². The topological polar surface area (TPSA) is 51.8 Å². The second kappa shape index (κ2) is 15.7. The van der Waals surface area contributed by atoms with Crippen LogP contribution in [-0.4, -0.2) is 15.0 Å². The zero-order chi connectivity index (χ0) is 50.2. The van der Waals surface area contributed by atoms with Crippen LogP contribution in [0.4, 0.5) is 0 Å². The second-order valence-corrected chi connectivity index (χ2v) is 16.4. The molecule has 0 amide bonds. The van der Waals surface area contributed by atoms with Crippen LogP contribution < -0.4 is 0 Å². The number of benzene rings is 5. The van der Waals surface area contributed by atoms with Crippen LogP contribution in [0.15, 0.2) is 120 Å². The van der Waals surface area contributed by atoms with Gasteiger partial charge in [-0.05, 0) is 99.1 Å². The van der Waals surface area contributed by atoms with Crippen molar-refractivity contribution in [1.82, 2.24) is 15.0 Å². The number of aryl methyl sites for hydroxylation is 4. The second-order valence-electron chi connectivity index (χ2n) is 16.4. The van der Waals surface area contributed by atoms with E-state index in [1.807, 2.05) is 54.7 Å². The summed E-state index contributed by atoms with van der Waals surface area (Å²) in [6.07, 6.45) is 3.13. The molecular weight excluding hydrogens is 887 g/mol. The van der Waals surface area contributed by atoms with Crippen molar-refractivity contribution >= 4 is 43.6 Å². The van der Waals surface area contributed by atoms with Crippen LogP contribution in [0.5, 0.6) is 0 Å². The van der Waals surface area contributed by atoms with Gasteiger partial charge in [-0.1, -0.05) is 120 Å². The first-order valence-electron chi connectivity index (χ1n) is 24.7. The molecule has 0 atom stereocenters. The number of hydrogen-bond acceptors (Lipinski definition) is 4. The van der Waals surface area contributed by atoms with E-state index in [4.69, 9.17) is 20.9 Å². The van der Waals surface area contributed by atoms with E-state index in [1.165, 1.54) is 23.9 Å². The number of furan rings is 1. The van der Waals surface area contributed by atoms with Gasteiger partial charge in [-0.3, -0.25) is 0 Å². The van der Waals surface area contributed by atoms with Crippen LogP contribution in [0, 0.1) is 39.5 Å². The first-order valence-corrected chi connectivity index (χ1v) is 18.7. The molecule has 5 aromatic carbocycles. The van der Waals surface area contributed by atoms with Gasteiger partial charge in [0.05, 0.1) is 5.58 Å². The van der Waals surface area contributed by atoms with Crippen molar-refractivity contribution in [3.8, 4) is 33.6 Å². The predicted octanol–water partition coefficient (Wildman–Crippen LogP) is 14.2. The summed E-state index contributed by atoms with van der Waals surface area (Å²) in [6.45, 7) is 3.03. The number of nitrogens with zero attached hydrogens (tertiary/aromatic N) is 3. The normalized spacial score (nSPS) is 15.8. The quantitative estimate of drug-likeness (QED) is 0.166. The molecule has 0 bridgehead atoms. The first-order chi connectivity index (χ1) is 32.0. The molecule has 0 saturated heterocycles. The summed E-state index contributed by atoms with van der Waals surface area (Å²) >= 11 is 0. The Bertz CT molecular complexity index is 3340. The van der Waals surface area contributed by atoms with Crippen molar-refractivity contribution in [3.05, 3.63) is 161 Å². The Kier molecular flexibility index (Phi) is 7.59. The van der Waals surface area contributed by atoms with Gasteiger partial charge in [0, 0.05) is 65.4 Å². The largest absolute Gasteiger partial charge is 0.498 e. The Morgan fingerprint density at radius 1 is 0.586 bits per heavy atom. The molecule has 1 radical (unpaired) electrons. The molecule has 0 unspecified atom stereocenters. The zero-order valence-electron chi connectivity index (χ0n) is 45.1. The third kappa shape index (κ3) is 7.99. The summed E-state index contributed by atoms with van der Waals surface area (Å²) in [6, 6.07) is 36.4. The maximum Gasteiger partial charge on any atom is 0.147 e. The SMILES string of the molecule is [2H]C([2H])([2H])c1c[c-]c(-c2ccc(C(C)(C)C)cn2)cc1.[2H]C([2H])([2H])c1ccc2ccc3c4cc[c-]c(-c5cc(-c6cc7ccc(C(C)(C)C)cc7cc6C([2H])([2H])[2H])c(C([2H])([2H])[2H])cn5)c4oc3c2n1.[Ir]. The van der Waals surface area contributed by atoms with Gasteiger partial charge >= 0.3 is 0 Å². The van der Waals surface area contributed by atoms with Crippen molar-refractivity contribution in [1.29, 1.82) is 0 Å². The third-order valence-corrected chi connectivity index (χ3v) is 10.3. The fourth-order valence-electron chi connectivity index (χ4n) is 6.96. The predicted molar refractivity (Wildman–Crippen MR) is 239 cm³/mol. The first kappa shape index (κ1) is 28.0. The molecule has 0 saturated carbocycles. The van der Waals surface area contributed by atoms with E-state index < -0.39 is 27.4 Å². The number of fused-ring (bicyclic) bond motifs is 6. The molecule has 293 valence electrons. The number of pyridine rings is 3. The summed E-state index contributed by atoms with van der Waals surface area (Å²) in [7, 11) is 0. The Labute approximate surface area is 373 Å². The van der Waals surface area contributed by atoms with Crippen LogP contribution in [0.1, 0.15) is 91.5 Å². The van der Waals surface area contributed by atoms with Crippen LogP contribution in [-0.2, 0) is 30.9 Å². The van der Waals surface area contributed by atoms with E-state index in [9.17, 15) is 0 Å².